The fourth-order valence-electron chi connectivity index (χ4n) is 2.84. The highest BCUT2D eigenvalue weighted by Gasteiger charge is 2.27. The van der Waals surface area contributed by atoms with Crippen LogP contribution < -0.4 is 10.6 Å². The quantitative estimate of drug-likeness (QED) is 0.854. The molecule has 1 aliphatic heterocycles. The van der Waals surface area contributed by atoms with E-state index < -0.39 is 0 Å². The van der Waals surface area contributed by atoms with Crippen molar-refractivity contribution in [3.8, 4) is 0 Å². The maximum atomic E-state index is 12.2. The van der Waals surface area contributed by atoms with Gasteiger partial charge < -0.3 is 20.0 Å². The molecule has 3 amide bonds. The lowest BCUT2D eigenvalue weighted by Crippen LogP contribution is -2.46. The standard InChI is InChI=1S/C17H22N4O3S/c1-12-20-14(11-25-12)9-19-17(23)21-6-4-13(5-7-21)16(22)18-10-15-3-2-8-24-15/h2-3,8,11,13H,4-7,9-10H2,1H3,(H,18,22)(H,19,23). The van der Waals surface area contributed by atoms with Crippen molar-refractivity contribution < 1.29 is 14.0 Å². The highest BCUT2D eigenvalue weighted by molar-refractivity contribution is 7.09. The molecule has 25 heavy (non-hydrogen) atoms. The molecule has 8 heteroatoms. The van der Waals surface area contributed by atoms with Crippen LogP contribution in [0.15, 0.2) is 28.2 Å². The summed E-state index contributed by atoms with van der Waals surface area (Å²) in [7, 11) is 0. The summed E-state index contributed by atoms with van der Waals surface area (Å²) in [5.41, 5.74) is 0.878. The summed E-state index contributed by atoms with van der Waals surface area (Å²) < 4.78 is 5.20. The number of urea groups is 1. The van der Waals surface area contributed by atoms with Gasteiger partial charge in [0.1, 0.15) is 5.76 Å². The predicted molar refractivity (Wildman–Crippen MR) is 93.9 cm³/mol. The zero-order valence-electron chi connectivity index (χ0n) is 14.2. The smallest absolute Gasteiger partial charge is 0.317 e. The van der Waals surface area contributed by atoms with Crippen LogP contribution in [0.25, 0.3) is 0 Å². The minimum absolute atomic E-state index is 0.0226. The highest BCUT2D eigenvalue weighted by atomic mass is 32.1. The van der Waals surface area contributed by atoms with Crippen LogP contribution in [-0.2, 0) is 17.9 Å². The summed E-state index contributed by atoms with van der Waals surface area (Å²) in [6, 6.07) is 3.53. The summed E-state index contributed by atoms with van der Waals surface area (Å²) in [5.74, 6) is 0.706. The molecule has 0 aromatic carbocycles. The summed E-state index contributed by atoms with van der Waals surface area (Å²) >= 11 is 1.57. The first kappa shape index (κ1) is 17.5. The number of nitrogens with one attached hydrogen (secondary N) is 2. The lowest BCUT2D eigenvalue weighted by molar-refractivity contribution is -0.126. The number of rotatable bonds is 5. The average Bonchev–Trinajstić information content (AvgIpc) is 3.29. The van der Waals surface area contributed by atoms with Crippen LogP contribution in [0.3, 0.4) is 0 Å². The van der Waals surface area contributed by atoms with Gasteiger partial charge in [-0.1, -0.05) is 0 Å². The molecule has 0 radical (unpaired) electrons. The Morgan fingerprint density at radius 1 is 1.32 bits per heavy atom. The summed E-state index contributed by atoms with van der Waals surface area (Å²) in [6.07, 6.45) is 2.94. The van der Waals surface area contributed by atoms with Gasteiger partial charge in [-0.3, -0.25) is 4.79 Å². The number of nitrogens with zero attached hydrogens (tertiary/aromatic N) is 2. The maximum absolute atomic E-state index is 12.2. The second-order valence-corrected chi connectivity index (χ2v) is 7.14. The van der Waals surface area contributed by atoms with Crippen LogP contribution in [0.2, 0.25) is 0 Å². The van der Waals surface area contributed by atoms with E-state index in [1.807, 2.05) is 18.4 Å². The van der Waals surface area contributed by atoms with E-state index in [1.54, 1.807) is 28.6 Å². The van der Waals surface area contributed by atoms with Gasteiger partial charge in [0, 0.05) is 24.4 Å². The zero-order chi connectivity index (χ0) is 17.6. The maximum Gasteiger partial charge on any atom is 0.317 e. The lowest BCUT2D eigenvalue weighted by Gasteiger charge is -2.31. The first-order chi connectivity index (χ1) is 12.1. The minimum Gasteiger partial charge on any atom is -0.467 e. The van der Waals surface area contributed by atoms with Gasteiger partial charge in [-0.15, -0.1) is 11.3 Å². The number of hydrogen-bond acceptors (Lipinski definition) is 5. The van der Waals surface area contributed by atoms with E-state index in [4.69, 9.17) is 4.42 Å². The molecule has 0 bridgehead atoms. The van der Waals surface area contributed by atoms with Crippen molar-refractivity contribution in [2.75, 3.05) is 13.1 Å². The Balaban J connectivity index is 1.38. The molecule has 2 N–H and O–H groups in total. The molecule has 0 unspecified atom stereocenters. The van der Waals surface area contributed by atoms with E-state index in [0.717, 1.165) is 16.5 Å². The second-order valence-electron chi connectivity index (χ2n) is 6.08. The van der Waals surface area contributed by atoms with Gasteiger partial charge in [0.15, 0.2) is 0 Å². The van der Waals surface area contributed by atoms with E-state index >= 15 is 0 Å². The third-order valence-electron chi connectivity index (χ3n) is 4.26. The van der Waals surface area contributed by atoms with E-state index in [-0.39, 0.29) is 17.9 Å². The Kier molecular flexibility index (Phi) is 5.70. The SMILES string of the molecule is Cc1nc(CNC(=O)N2CCC(C(=O)NCc3ccco3)CC2)cs1. The Bertz CT molecular complexity index is 705. The number of thiazole rings is 1. The third-order valence-corrected chi connectivity index (χ3v) is 5.08. The molecule has 0 saturated carbocycles. The van der Waals surface area contributed by atoms with Crippen molar-refractivity contribution in [3.63, 3.8) is 0 Å². The van der Waals surface area contributed by atoms with Gasteiger partial charge in [0.2, 0.25) is 5.91 Å². The average molecular weight is 362 g/mol. The van der Waals surface area contributed by atoms with Crippen LogP contribution in [0.1, 0.15) is 29.3 Å². The van der Waals surface area contributed by atoms with Crippen LogP contribution in [0.5, 0.6) is 0 Å². The van der Waals surface area contributed by atoms with Crippen molar-refractivity contribution in [1.82, 2.24) is 20.5 Å². The molecule has 2 aromatic heterocycles. The number of likely N-dealkylation sites (tertiary alicyclic amines) is 1. The number of furan rings is 1. The number of aromatic nitrogens is 1. The topological polar surface area (TPSA) is 87.5 Å². The van der Waals surface area contributed by atoms with E-state index in [0.29, 0.717) is 39.0 Å². The molecule has 1 fully saturated rings. The molecule has 2 aromatic rings. The van der Waals surface area contributed by atoms with Gasteiger partial charge >= 0.3 is 6.03 Å². The molecular weight excluding hydrogens is 340 g/mol. The normalized spacial score (nSPS) is 15.2. The first-order valence-electron chi connectivity index (χ1n) is 8.35. The Labute approximate surface area is 150 Å². The van der Waals surface area contributed by atoms with Crippen LogP contribution in [0.4, 0.5) is 4.79 Å². The summed E-state index contributed by atoms with van der Waals surface area (Å²) in [4.78, 5) is 30.5. The van der Waals surface area contributed by atoms with Crippen LogP contribution in [-0.4, -0.2) is 34.9 Å². The van der Waals surface area contributed by atoms with Crippen molar-refractivity contribution in [3.05, 3.63) is 40.2 Å². The van der Waals surface area contributed by atoms with Crippen LogP contribution in [0, 0.1) is 12.8 Å². The molecule has 0 atom stereocenters. The van der Waals surface area contributed by atoms with Gasteiger partial charge in [-0.2, -0.15) is 0 Å². The Hall–Kier alpha value is -2.35. The number of hydrogen-bond donors (Lipinski definition) is 2. The summed E-state index contributed by atoms with van der Waals surface area (Å²) in [6.45, 7) is 3.95. The number of carbonyl (C=O) groups is 2. The first-order valence-corrected chi connectivity index (χ1v) is 9.23. The largest absolute Gasteiger partial charge is 0.467 e. The molecule has 1 saturated heterocycles. The second kappa shape index (κ2) is 8.15. The van der Waals surface area contributed by atoms with E-state index in [1.165, 1.54) is 0 Å². The Morgan fingerprint density at radius 2 is 2.12 bits per heavy atom. The monoisotopic (exact) mass is 362 g/mol. The zero-order valence-corrected chi connectivity index (χ0v) is 15.0. The predicted octanol–water partition coefficient (Wildman–Crippen LogP) is 2.28. The van der Waals surface area contributed by atoms with E-state index in [2.05, 4.69) is 15.6 Å². The van der Waals surface area contributed by atoms with Crippen LogP contribution >= 0.6 is 11.3 Å². The van der Waals surface area contributed by atoms with Gasteiger partial charge in [-0.05, 0) is 31.9 Å². The summed E-state index contributed by atoms with van der Waals surface area (Å²) in [5, 5.41) is 8.72. The number of aryl methyl sites for hydroxylation is 1. The lowest BCUT2D eigenvalue weighted by atomic mass is 9.96. The molecule has 1 aliphatic rings. The number of amides is 3. The Morgan fingerprint density at radius 3 is 2.76 bits per heavy atom. The van der Waals surface area contributed by atoms with Crippen molar-refractivity contribution in [1.29, 1.82) is 0 Å². The highest BCUT2D eigenvalue weighted by Crippen LogP contribution is 2.18. The number of carbonyl (C=O) groups excluding carboxylic acids is 2. The molecule has 7 nitrogen and oxygen atoms in total. The van der Waals surface area contributed by atoms with E-state index in [9.17, 15) is 9.59 Å². The van der Waals surface area contributed by atoms with Gasteiger partial charge in [-0.25, -0.2) is 9.78 Å². The third kappa shape index (κ3) is 4.82. The molecule has 0 spiro atoms. The van der Waals surface area contributed by atoms with Gasteiger partial charge in [0.25, 0.3) is 0 Å². The minimum atomic E-state index is -0.0971. The molecule has 3 rings (SSSR count). The number of piperidine rings is 1. The van der Waals surface area contributed by atoms with Crippen molar-refractivity contribution in [2.24, 2.45) is 5.92 Å². The van der Waals surface area contributed by atoms with Crippen molar-refractivity contribution >= 4 is 23.3 Å². The fourth-order valence-corrected chi connectivity index (χ4v) is 3.46. The molecule has 3 heterocycles. The van der Waals surface area contributed by atoms with Gasteiger partial charge in [0.05, 0.1) is 30.1 Å². The van der Waals surface area contributed by atoms with Crippen molar-refractivity contribution in [2.45, 2.75) is 32.9 Å². The fraction of sp³-hybridized carbons (Fsp3) is 0.471. The molecular formula is C17H22N4O3S. The molecule has 134 valence electrons. The molecule has 0 aliphatic carbocycles.